The predicted octanol–water partition coefficient (Wildman–Crippen LogP) is 2.25. The monoisotopic (exact) mass is 295 g/mol. The standard InChI is InChI=1S/C15H18FNO4/c1-2-9-5-6-17(12(7-9)15(20)21)14(19)11-4-3-10(16)8-13(11)18/h3-4,8-9,12,18H,2,5-7H2,1H3,(H,20,21). The van der Waals surface area contributed by atoms with Gasteiger partial charge in [0, 0.05) is 12.6 Å². The molecule has 1 aromatic rings. The maximum Gasteiger partial charge on any atom is 0.326 e. The van der Waals surface area contributed by atoms with Gasteiger partial charge in [-0.2, -0.15) is 0 Å². The summed E-state index contributed by atoms with van der Waals surface area (Å²) in [7, 11) is 0. The van der Waals surface area contributed by atoms with Crippen LogP contribution >= 0.6 is 0 Å². The van der Waals surface area contributed by atoms with E-state index >= 15 is 0 Å². The molecule has 1 aliphatic heterocycles. The zero-order valence-electron chi connectivity index (χ0n) is 11.8. The largest absolute Gasteiger partial charge is 0.507 e. The number of hydrogen-bond donors (Lipinski definition) is 2. The number of carboxylic acid groups (broad SMARTS) is 1. The Labute approximate surface area is 122 Å². The van der Waals surface area contributed by atoms with Crippen molar-refractivity contribution < 1.29 is 24.2 Å². The summed E-state index contributed by atoms with van der Waals surface area (Å²) in [5, 5.41) is 19.0. The number of amides is 1. The van der Waals surface area contributed by atoms with E-state index in [1.807, 2.05) is 6.92 Å². The van der Waals surface area contributed by atoms with E-state index in [9.17, 15) is 24.2 Å². The number of nitrogens with zero attached hydrogens (tertiary/aromatic N) is 1. The van der Waals surface area contributed by atoms with Crippen LogP contribution in [0, 0.1) is 11.7 Å². The first-order valence-electron chi connectivity index (χ1n) is 6.96. The van der Waals surface area contributed by atoms with Gasteiger partial charge in [-0.15, -0.1) is 0 Å². The molecule has 2 N–H and O–H groups in total. The molecular formula is C15H18FNO4. The fourth-order valence-electron chi connectivity index (χ4n) is 2.73. The first kappa shape index (κ1) is 15.3. The molecule has 1 aliphatic rings. The Morgan fingerprint density at radius 1 is 1.43 bits per heavy atom. The first-order valence-corrected chi connectivity index (χ1v) is 6.96. The molecule has 5 nitrogen and oxygen atoms in total. The lowest BCUT2D eigenvalue weighted by atomic mass is 9.88. The van der Waals surface area contributed by atoms with Gasteiger partial charge in [0.15, 0.2) is 0 Å². The Bertz CT molecular complexity index is 561. The Hall–Kier alpha value is -2.11. The lowest BCUT2D eigenvalue weighted by Crippen LogP contribution is -2.50. The molecule has 1 saturated heterocycles. The van der Waals surface area contributed by atoms with Crippen molar-refractivity contribution in [3.8, 4) is 5.75 Å². The van der Waals surface area contributed by atoms with Gasteiger partial charge in [0.2, 0.25) is 0 Å². The van der Waals surface area contributed by atoms with Crippen LogP contribution in [0.1, 0.15) is 36.5 Å². The van der Waals surface area contributed by atoms with E-state index in [4.69, 9.17) is 0 Å². The molecule has 6 heteroatoms. The minimum atomic E-state index is -1.05. The summed E-state index contributed by atoms with van der Waals surface area (Å²) in [6, 6.07) is 2.20. The van der Waals surface area contributed by atoms with E-state index in [0.717, 1.165) is 25.0 Å². The second-order valence-electron chi connectivity index (χ2n) is 5.31. The average molecular weight is 295 g/mol. The molecule has 2 atom stereocenters. The number of phenols is 1. The molecule has 114 valence electrons. The highest BCUT2D eigenvalue weighted by Gasteiger charge is 2.36. The molecule has 1 heterocycles. The Morgan fingerprint density at radius 3 is 2.71 bits per heavy atom. The van der Waals surface area contributed by atoms with Gasteiger partial charge < -0.3 is 15.1 Å². The van der Waals surface area contributed by atoms with Gasteiger partial charge >= 0.3 is 5.97 Å². The molecule has 0 aliphatic carbocycles. The lowest BCUT2D eigenvalue weighted by molar-refractivity contribution is -0.144. The van der Waals surface area contributed by atoms with E-state index < -0.39 is 29.5 Å². The summed E-state index contributed by atoms with van der Waals surface area (Å²) in [4.78, 5) is 25.1. The van der Waals surface area contributed by atoms with E-state index in [1.165, 1.54) is 11.0 Å². The topological polar surface area (TPSA) is 77.8 Å². The molecule has 21 heavy (non-hydrogen) atoms. The van der Waals surface area contributed by atoms with Crippen LogP contribution in [0.25, 0.3) is 0 Å². The lowest BCUT2D eigenvalue weighted by Gasteiger charge is -2.37. The van der Waals surface area contributed by atoms with Crippen LogP contribution in [0.4, 0.5) is 4.39 Å². The van der Waals surface area contributed by atoms with Gasteiger partial charge in [-0.1, -0.05) is 13.3 Å². The van der Waals surface area contributed by atoms with Crippen molar-refractivity contribution in [2.75, 3.05) is 6.54 Å². The number of carboxylic acids is 1. The minimum Gasteiger partial charge on any atom is -0.507 e. The van der Waals surface area contributed by atoms with Crippen molar-refractivity contribution in [2.45, 2.75) is 32.2 Å². The maximum atomic E-state index is 13.0. The number of rotatable bonds is 3. The third-order valence-corrected chi connectivity index (χ3v) is 4.02. The number of benzene rings is 1. The summed E-state index contributed by atoms with van der Waals surface area (Å²) in [6.07, 6.45) is 2.00. The number of hydrogen-bond acceptors (Lipinski definition) is 3. The first-order chi connectivity index (χ1) is 9.93. The van der Waals surface area contributed by atoms with E-state index in [2.05, 4.69) is 0 Å². The van der Waals surface area contributed by atoms with Gasteiger partial charge in [0.25, 0.3) is 5.91 Å². The fourth-order valence-corrected chi connectivity index (χ4v) is 2.73. The molecule has 0 radical (unpaired) electrons. The zero-order valence-corrected chi connectivity index (χ0v) is 11.8. The number of likely N-dealkylation sites (tertiary alicyclic amines) is 1. The Morgan fingerprint density at radius 2 is 2.14 bits per heavy atom. The van der Waals surface area contributed by atoms with Crippen LogP contribution in [0.15, 0.2) is 18.2 Å². The number of carbonyl (C=O) groups is 2. The molecular weight excluding hydrogens is 277 g/mol. The Kier molecular flexibility index (Phi) is 4.45. The highest BCUT2D eigenvalue weighted by Crippen LogP contribution is 2.29. The van der Waals surface area contributed by atoms with Gasteiger partial charge in [-0.25, -0.2) is 9.18 Å². The summed E-state index contributed by atoms with van der Waals surface area (Å²) in [5.41, 5.74) is -0.0717. The zero-order chi connectivity index (χ0) is 15.6. The molecule has 1 amide bonds. The van der Waals surface area contributed by atoms with Crippen molar-refractivity contribution in [3.63, 3.8) is 0 Å². The van der Waals surface area contributed by atoms with Crippen molar-refractivity contribution in [1.82, 2.24) is 4.90 Å². The molecule has 0 aromatic heterocycles. The molecule has 0 bridgehead atoms. The van der Waals surface area contributed by atoms with Gasteiger partial charge in [0.05, 0.1) is 5.56 Å². The van der Waals surface area contributed by atoms with Crippen LogP contribution in [-0.2, 0) is 4.79 Å². The number of aliphatic carboxylic acids is 1. The molecule has 1 fully saturated rings. The van der Waals surface area contributed by atoms with E-state index in [0.29, 0.717) is 13.0 Å². The second-order valence-corrected chi connectivity index (χ2v) is 5.31. The molecule has 2 rings (SSSR count). The molecule has 1 aromatic carbocycles. The predicted molar refractivity (Wildman–Crippen MR) is 73.5 cm³/mol. The van der Waals surface area contributed by atoms with Crippen molar-refractivity contribution >= 4 is 11.9 Å². The summed E-state index contributed by atoms with van der Waals surface area (Å²) >= 11 is 0. The van der Waals surface area contributed by atoms with Crippen molar-refractivity contribution in [1.29, 1.82) is 0 Å². The Balaban J connectivity index is 2.26. The average Bonchev–Trinajstić information content (AvgIpc) is 2.46. The number of piperidine rings is 1. The quantitative estimate of drug-likeness (QED) is 0.896. The van der Waals surface area contributed by atoms with Crippen LogP contribution < -0.4 is 0 Å². The third kappa shape index (κ3) is 3.15. The fraction of sp³-hybridized carbons (Fsp3) is 0.467. The van der Waals surface area contributed by atoms with Gasteiger partial charge in [0.1, 0.15) is 17.6 Å². The van der Waals surface area contributed by atoms with Crippen LogP contribution in [0.2, 0.25) is 0 Å². The molecule has 0 saturated carbocycles. The van der Waals surface area contributed by atoms with Gasteiger partial charge in [-0.05, 0) is 30.9 Å². The highest BCUT2D eigenvalue weighted by molar-refractivity contribution is 5.99. The van der Waals surface area contributed by atoms with Crippen molar-refractivity contribution in [2.24, 2.45) is 5.92 Å². The van der Waals surface area contributed by atoms with Gasteiger partial charge in [-0.3, -0.25) is 4.79 Å². The summed E-state index contributed by atoms with van der Waals surface area (Å²) in [5.74, 6) is -2.47. The van der Waals surface area contributed by atoms with Crippen LogP contribution in [0.3, 0.4) is 0 Å². The third-order valence-electron chi connectivity index (χ3n) is 4.02. The maximum absolute atomic E-state index is 13.0. The SMILES string of the molecule is CCC1CCN(C(=O)c2ccc(F)cc2O)C(C(=O)O)C1. The normalized spacial score (nSPS) is 22.1. The number of aromatic hydroxyl groups is 1. The van der Waals surface area contributed by atoms with E-state index in [-0.39, 0.29) is 11.5 Å². The number of phenolic OH excluding ortho intramolecular Hbond substituents is 1. The smallest absolute Gasteiger partial charge is 0.326 e. The molecule has 0 spiro atoms. The summed E-state index contributed by atoms with van der Waals surface area (Å²) < 4.78 is 13.0. The summed E-state index contributed by atoms with van der Waals surface area (Å²) in [6.45, 7) is 2.32. The van der Waals surface area contributed by atoms with E-state index in [1.54, 1.807) is 0 Å². The number of carbonyl (C=O) groups excluding carboxylic acids is 1. The molecule has 2 unspecified atom stereocenters. The van der Waals surface area contributed by atoms with Crippen molar-refractivity contribution in [3.05, 3.63) is 29.6 Å². The van der Waals surface area contributed by atoms with Crippen LogP contribution in [-0.4, -0.2) is 39.6 Å². The highest BCUT2D eigenvalue weighted by atomic mass is 19.1. The van der Waals surface area contributed by atoms with Crippen LogP contribution in [0.5, 0.6) is 5.75 Å². The minimum absolute atomic E-state index is 0.0717. The number of halogens is 1. The second kappa shape index (κ2) is 6.11.